The van der Waals surface area contributed by atoms with Gasteiger partial charge in [-0.3, -0.25) is 18.7 Å². The summed E-state index contributed by atoms with van der Waals surface area (Å²) in [5.41, 5.74) is 3.19. The van der Waals surface area contributed by atoms with Crippen LogP contribution < -0.4 is 21.3 Å². The Kier molecular flexibility index (Phi) is 5.93. The van der Waals surface area contributed by atoms with E-state index in [2.05, 4.69) is 5.32 Å². The first kappa shape index (κ1) is 23.2. The Labute approximate surface area is 206 Å². The van der Waals surface area contributed by atoms with E-state index < -0.39 is 11.2 Å². The van der Waals surface area contributed by atoms with Crippen molar-refractivity contribution in [2.75, 3.05) is 12.4 Å². The third kappa shape index (κ3) is 4.17. The number of benzene rings is 3. The van der Waals surface area contributed by atoms with Crippen molar-refractivity contribution in [2.45, 2.75) is 26.9 Å². The topological polar surface area (TPSA) is 95.5 Å². The van der Waals surface area contributed by atoms with Crippen molar-refractivity contribution in [1.29, 1.82) is 0 Å². The fraction of sp³-hybridized carbons (Fsp3) is 0.179. The molecule has 182 valence electrons. The first-order valence-electron chi connectivity index (χ1n) is 11.5. The minimum Gasteiger partial charge on any atom is -0.497 e. The number of ether oxygens (including phenoxy) is 1. The van der Waals surface area contributed by atoms with Crippen LogP contribution in [0, 0.1) is 13.8 Å². The van der Waals surface area contributed by atoms with Crippen LogP contribution in [0.2, 0.25) is 0 Å². The van der Waals surface area contributed by atoms with Gasteiger partial charge in [-0.2, -0.15) is 0 Å². The summed E-state index contributed by atoms with van der Waals surface area (Å²) in [6.07, 6.45) is 0. The maximum atomic E-state index is 13.6. The number of fused-ring (bicyclic) bond motifs is 3. The number of methoxy groups -OCH3 is 1. The number of anilines is 1. The van der Waals surface area contributed by atoms with Gasteiger partial charge in [0.15, 0.2) is 0 Å². The molecule has 0 bridgehead atoms. The van der Waals surface area contributed by atoms with Crippen LogP contribution in [-0.4, -0.2) is 22.2 Å². The van der Waals surface area contributed by atoms with Crippen LogP contribution in [0.5, 0.6) is 5.75 Å². The molecular weight excluding hydrogens is 458 g/mol. The lowest BCUT2D eigenvalue weighted by Gasteiger charge is -2.13. The molecule has 0 aliphatic rings. The normalized spacial score (nSPS) is 11.2. The number of para-hydroxylation sites is 1. The summed E-state index contributed by atoms with van der Waals surface area (Å²) >= 11 is 0. The summed E-state index contributed by atoms with van der Waals surface area (Å²) in [5.74, 6) is 0.279. The predicted molar refractivity (Wildman–Crippen MR) is 139 cm³/mol. The SMILES string of the molecule is COc1ccc(Cn2c(=O)c3oc4ccccc4c3n(CC(=O)Nc3ccc(C)c(C)c3)c2=O)cc1. The molecule has 0 atom stereocenters. The van der Waals surface area contributed by atoms with Crippen molar-refractivity contribution < 1.29 is 13.9 Å². The highest BCUT2D eigenvalue weighted by atomic mass is 16.5. The smallest absolute Gasteiger partial charge is 0.332 e. The molecular formula is C28H25N3O5. The van der Waals surface area contributed by atoms with Crippen molar-refractivity contribution >= 4 is 33.7 Å². The van der Waals surface area contributed by atoms with E-state index in [1.54, 1.807) is 55.6 Å². The lowest BCUT2D eigenvalue weighted by molar-refractivity contribution is -0.116. The predicted octanol–water partition coefficient (Wildman–Crippen LogP) is 4.22. The maximum absolute atomic E-state index is 13.6. The highest BCUT2D eigenvalue weighted by Crippen LogP contribution is 2.26. The number of hydrogen-bond donors (Lipinski definition) is 1. The first-order chi connectivity index (χ1) is 17.4. The molecule has 0 saturated carbocycles. The van der Waals surface area contributed by atoms with Crippen LogP contribution in [-0.2, 0) is 17.9 Å². The molecule has 5 rings (SSSR count). The number of carbonyl (C=O) groups excluding carboxylic acids is 1. The quantitative estimate of drug-likeness (QED) is 0.390. The molecule has 1 N–H and O–H groups in total. The van der Waals surface area contributed by atoms with E-state index in [0.29, 0.717) is 27.9 Å². The average Bonchev–Trinajstić information content (AvgIpc) is 3.27. The molecule has 0 fully saturated rings. The Bertz CT molecular complexity index is 1730. The van der Waals surface area contributed by atoms with Gasteiger partial charge in [-0.1, -0.05) is 30.3 Å². The molecule has 3 aromatic carbocycles. The number of nitrogens with zero attached hydrogens (tertiary/aromatic N) is 2. The molecule has 0 radical (unpaired) electrons. The maximum Gasteiger partial charge on any atom is 0.332 e. The summed E-state index contributed by atoms with van der Waals surface area (Å²) in [6.45, 7) is 3.70. The zero-order valence-electron chi connectivity index (χ0n) is 20.2. The molecule has 36 heavy (non-hydrogen) atoms. The number of aromatic nitrogens is 2. The van der Waals surface area contributed by atoms with E-state index in [-0.39, 0.29) is 24.6 Å². The number of furan rings is 1. The summed E-state index contributed by atoms with van der Waals surface area (Å²) in [5, 5.41) is 3.45. The average molecular weight is 484 g/mol. The highest BCUT2D eigenvalue weighted by Gasteiger charge is 2.21. The van der Waals surface area contributed by atoms with Crippen LogP contribution in [0.3, 0.4) is 0 Å². The Hall–Kier alpha value is -4.59. The molecule has 5 aromatic rings. The second-order valence-corrected chi connectivity index (χ2v) is 8.73. The minimum absolute atomic E-state index is 0.0213. The number of aryl methyl sites for hydroxylation is 2. The molecule has 1 amide bonds. The van der Waals surface area contributed by atoms with Gasteiger partial charge in [0, 0.05) is 11.1 Å². The monoisotopic (exact) mass is 483 g/mol. The van der Waals surface area contributed by atoms with Gasteiger partial charge in [0.2, 0.25) is 11.5 Å². The van der Waals surface area contributed by atoms with Gasteiger partial charge in [-0.05, 0) is 66.9 Å². The molecule has 0 saturated heterocycles. The second kappa shape index (κ2) is 9.22. The van der Waals surface area contributed by atoms with Gasteiger partial charge in [0.25, 0.3) is 5.56 Å². The van der Waals surface area contributed by atoms with Crippen molar-refractivity contribution in [2.24, 2.45) is 0 Å². The van der Waals surface area contributed by atoms with Gasteiger partial charge < -0.3 is 14.5 Å². The van der Waals surface area contributed by atoms with E-state index in [1.807, 2.05) is 32.0 Å². The molecule has 0 spiro atoms. The molecule has 0 aliphatic heterocycles. The third-order valence-corrected chi connectivity index (χ3v) is 6.33. The number of hydrogen-bond acceptors (Lipinski definition) is 5. The molecule has 8 nitrogen and oxygen atoms in total. The third-order valence-electron chi connectivity index (χ3n) is 6.33. The Morgan fingerprint density at radius 1 is 0.944 bits per heavy atom. The van der Waals surface area contributed by atoms with E-state index in [9.17, 15) is 14.4 Å². The van der Waals surface area contributed by atoms with Crippen LogP contribution in [0.15, 0.2) is 80.7 Å². The summed E-state index contributed by atoms with van der Waals surface area (Å²) in [4.78, 5) is 40.1. The molecule has 0 unspecified atom stereocenters. The van der Waals surface area contributed by atoms with Gasteiger partial charge in [0.05, 0.1) is 13.7 Å². The van der Waals surface area contributed by atoms with Gasteiger partial charge in [0.1, 0.15) is 23.4 Å². The summed E-state index contributed by atoms with van der Waals surface area (Å²) < 4.78 is 13.5. The van der Waals surface area contributed by atoms with Crippen molar-refractivity contribution in [3.8, 4) is 5.75 Å². The number of carbonyl (C=O) groups is 1. The molecule has 0 aliphatic carbocycles. The molecule has 2 heterocycles. The molecule has 2 aromatic heterocycles. The summed E-state index contributed by atoms with van der Waals surface area (Å²) in [6, 6.07) is 19.8. The van der Waals surface area contributed by atoms with Crippen LogP contribution >= 0.6 is 0 Å². The van der Waals surface area contributed by atoms with E-state index in [4.69, 9.17) is 9.15 Å². The Balaban J connectivity index is 1.61. The van der Waals surface area contributed by atoms with Crippen LogP contribution in [0.25, 0.3) is 22.1 Å². The van der Waals surface area contributed by atoms with Gasteiger partial charge >= 0.3 is 5.69 Å². The van der Waals surface area contributed by atoms with Crippen LogP contribution in [0.1, 0.15) is 16.7 Å². The second-order valence-electron chi connectivity index (χ2n) is 8.73. The zero-order valence-corrected chi connectivity index (χ0v) is 20.2. The Morgan fingerprint density at radius 3 is 2.42 bits per heavy atom. The van der Waals surface area contributed by atoms with Gasteiger partial charge in [-0.25, -0.2) is 4.79 Å². The minimum atomic E-state index is -0.592. The van der Waals surface area contributed by atoms with Crippen LogP contribution in [0.4, 0.5) is 5.69 Å². The number of rotatable bonds is 6. The lowest BCUT2D eigenvalue weighted by Crippen LogP contribution is -2.41. The number of amides is 1. The van der Waals surface area contributed by atoms with Crippen molar-refractivity contribution in [3.05, 3.63) is 104 Å². The lowest BCUT2D eigenvalue weighted by atomic mass is 10.1. The molecule has 8 heteroatoms. The highest BCUT2D eigenvalue weighted by molar-refractivity contribution is 6.03. The number of nitrogens with one attached hydrogen (secondary N) is 1. The fourth-order valence-corrected chi connectivity index (χ4v) is 4.26. The van der Waals surface area contributed by atoms with Crippen molar-refractivity contribution in [3.63, 3.8) is 0 Å². The standard InChI is InChI=1S/C28H25N3O5/c1-17-8-11-20(14-18(17)2)29-24(32)16-30-25-22-6-4-5-7-23(22)36-26(25)27(33)31(28(30)34)15-19-9-12-21(35-3)13-10-19/h4-14H,15-16H2,1-3H3,(H,29,32). The Morgan fingerprint density at radius 2 is 1.69 bits per heavy atom. The van der Waals surface area contributed by atoms with Gasteiger partial charge in [-0.15, -0.1) is 0 Å². The van der Waals surface area contributed by atoms with Crippen molar-refractivity contribution in [1.82, 2.24) is 9.13 Å². The van der Waals surface area contributed by atoms with E-state index in [1.165, 1.54) is 4.57 Å². The van der Waals surface area contributed by atoms with E-state index in [0.717, 1.165) is 21.3 Å². The van der Waals surface area contributed by atoms with E-state index >= 15 is 0 Å². The first-order valence-corrected chi connectivity index (χ1v) is 11.5. The summed E-state index contributed by atoms with van der Waals surface area (Å²) in [7, 11) is 1.57. The largest absolute Gasteiger partial charge is 0.497 e. The zero-order chi connectivity index (χ0) is 25.4. The fourth-order valence-electron chi connectivity index (χ4n) is 4.26.